The zero-order valence-electron chi connectivity index (χ0n) is 11.1. The molecule has 21 heavy (non-hydrogen) atoms. The van der Waals surface area contributed by atoms with Gasteiger partial charge in [-0.3, -0.25) is 4.79 Å². The van der Waals surface area contributed by atoms with Gasteiger partial charge in [-0.05, 0) is 35.9 Å². The number of rotatable bonds is 4. The number of ether oxygens (including phenoxy) is 2. The van der Waals surface area contributed by atoms with Crippen LogP contribution in [0.3, 0.4) is 0 Å². The number of hydrogen-bond acceptors (Lipinski definition) is 3. The fourth-order valence-electron chi connectivity index (χ4n) is 2.35. The molecule has 0 amide bonds. The van der Waals surface area contributed by atoms with E-state index in [2.05, 4.69) is 15.9 Å². The smallest absolute Gasteiger partial charge is 0.153 e. The van der Waals surface area contributed by atoms with Crippen LogP contribution >= 0.6 is 15.9 Å². The minimum atomic E-state index is -0.462. The highest BCUT2D eigenvalue weighted by atomic mass is 79.9. The fourth-order valence-corrected chi connectivity index (χ4v) is 2.90. The van der Waals surface area contributed by atoms with E-state index in [1.165, 1.54) is 12.1 Å². The summed E-state index contributed by atoms with van der Waals surface area (Å²) in [4.78, 5) is 11.0. The van der Waals surface area contributed by atoms with E-state index in [1.807, 2.05) is 12.1 Å². The Morgan fingerprint density at radius 2 is 2.19 bits per heavy atom. The Labute approximate surface area is 129 Å². The van der Waals surface area contributed by atoms with Gasteiger partial charge in [-0.2, -0.15) is 0 Å². The van der Waals surface area contributed by atoms with Crippen LogP contribution in [-0.4, -0.2) is 12.9 Å². The van der Waals surface area contributed by atoms with E-state index in [4.69, 9.17) is 9.47 Å². The molecule has 0 bridgehead atoms. The standard InChI is InChI=1S/C16H12BrFO3/c17-13-5-10-3-4-20-16(10)12(6-13)9-21-15-2-1-14(18)7-11(15)8-19/h1-2,5-8H,3-4,9H2. The molecule has 0 saturated heterocycles. The molecule has 0 aromatic heterocycles. The van der Waals surface area contributed by atoms with Crippen molar-refractivity contribution >= 4 is 22.2 Å². The average Bonchev–Trinajstić information content (AvgIpc) is 2.93. The van der Waals surface area contributed by atoms with E-state index in [0.29, 0.717) is 18.6 Å². The molecule has 0 atom stereocenters. The van der Waals surface area contributed by atoms with Crippen molar-refractivity contribution < 1.29 is 18.7 Å². The van der Waals surface area contributed by atoms with Crippen LogP contribution in [0.25, 0.3) is 0 Å². The summed E-state index contributed by atoms with van der Waals surface area (Å²) >= 11 is 3.46. The number of carbonyl (C=O) groups is 1. The Bertz CT molecular complexity index is 700. The molecule has 0 unspecified atom stereocenters. The summed E-state index contributed by atoms with van der Waals surface area (Å²) in [6.45, 7) is 0.920. The largest absolute Gasteiger partial charge is 0.493 e. The number of fused-ring (bicyclic) bond motifs is 1. The highest BCUT2D eigenvalue weighted by Crippen LogP contribution is 2.33. The highest BCUT2D eigenvalue weighted by molar-refractivity contribution is 9.10. The Balaban J connectivity index is 1.84. The molecular formula is C16H12BrFO3. The van der Waals surface area contributed by atoms with Gasteiger partial charge in [-0.15, -0.1) is 0 Å². The van der Waals surface area contributed by atoms with E-state index < -0.39 is 5.82 Å². The molecule has 1 aliphatic rings. The van der Waals surface area contributed by atoms with Gasteiger partial charge in [0.2, 0.25) is 0 Å². The van der Waals surface area contributed by atoms with Gasteiger partial charge in [0.15, 0.2) is 6.29 Å². The molecule has 0 saturated carbocycles. The first-order chi connectivity index (χ1) is 10.2. The fraction of sp³-hybridized carbons (Fsp3) is 0.188. The van der Waals surface area contributed by atoms with Gasteiger partial charge in [-0.25, -0.2) is 4.39 Å². The Kier molecular flexibility index (Phi) is 3.92. The first-order valence-corrected chi connectivity index (χ1v) is 7.28. The molecule has 3 rings (SSSR count). The van der Waals surface area contributed by atoms with Crippen LogP contribution in [0.15, 0.2) is 34.8 Å². The van der Waals surface area contributed by atoms with E-state index >= 15 is 0 Å². The first-order valence-electron chi connectivity index (χ1n) is 6.49. The Morgan fingerprint density at radius 1 is 1.33 bits per heavy atom. The minimum Gasteiger partial charge on any atom is -0.493 e. The van der Waals surface area contributed by atoms with E-state index in [1.54, 1.807) is 0 Å². The van der Waals surface area contributed by atoms with E-state index in [-0.39, 0.29) is 12.2 Å². The monoisotopic (exact) mass is 350 g/mol. The topological polar surface area (TPSA) is 35.5 Å². The molecule has 0 fully saturated rings. The number of halogens is 2. The Morgan fingerprint density at radius 3 is 3.00 bits per heavy atom. The second kappa shape index (κ2) is 5.85. The third-order valence-electron chi connectivity index (χ3n) is 3.31. The first kappa shape index (κ1) is 14.1. The predicted octanol–water partition coefficient (Wildman–Crippen LogP) is 3.91. The van der Waals surface area contributed by atoms with E-state index in [9.17, 15) is 9.18 Å². The van der Waals surface area contributed by atoms with Crippen LogP contribution in [0.4, 0.5) is 4.39 Å². The number of benzene rings is 2. The summed E-state index contributed by atoms with van der Waals surface area (Å²) in [6.07, 6.45) is 1.46. The third-order valence-corrected chi connectivity index (χ3v) is 3.77. The van der Waals surface area contributed by atoms with Crippen molar-refractivity contribution in [2.24, 2.45) is 0 Å². The van der Waals surface area contributed by atoms with Crippen LogP contribution in [0.2, 0.25) is 0 Å². The second-order valence-corrected chi connectivity index (χ2v) is 5.66. The summed E-state index contributed by atoms with van der Waals surface area (Å²) in [7, 11) is 0. The molecule has 0 radical (unpaired) electrons. The number of hydrogen-bond donors (Lipinski definition) is 0. The normalized spacial score (nSPS) is 12.7. The van der Waals surface area contributed by atoms with Gasteiger partial charge in [0.25, 0.3) is 0 Å². The molecular weight excluding hydrogens is 339 g/mol. The zero-order chi connectivity index (χ0) is 14.8. The lowest BCUT2D eigenvalue weighted by Crippen LogP contribution is -2.01. The average molecular weight is 351 g/mol. The number of carbonyl (C=O) groups excluding carboxylic acids is 1. The lowest BCUT2D eigenvalue weighted by Gasteiger charge is -2.12. The second-order valence-electron chi connectivity index (χ2n) is 4.74. The molecule has 2 aromatic carbocycles. The number of aldehydes is 1. The van der Waals surface area contributed by atoms with Crippen LogP contribution in [0.5, 0.6) is 11.5 Å². The van der Waals surface area contributed by atoms with Gasteiger partial charge in [0.05, 0.1) is 12.2 Å². The van der Waals surface area contributed by atoms with Crippen molar-refractivity contribution in [3.63, 3.8) is 0 Å². The van der Waals surface area contributed by atoms with Gasteiger partial charge in [0.1, 0.15) is 23.9 Å². The lowest BCUT2D eigenvalue weighted by atomic mass is 10.1. The maximum Gasteiger partial charge on any atom is 0.153 e. The highest BCUT2D eigenvalue weighted by Gasteiger charge is 2.18. The summed E-state index contributed by atoms with van der Waals surface area (Å²) in [5.74, 6) is 0.738. The summed E-state index contributed by atoms with van der Waals surface area (Å²) in [6, 6.07) is 7.83. The van der Waals surface area contributed by atoms with Crippen molar-refractivity contribution in [3.8, 4) is 11.5 Å². The molecule has 3 nitrogen and oxygen atoms in total. The molecule has 1 heterocycles. The summed E-state index contributed by atoms with van der Waals surface area (Å²) in [5, 5.41) is 0. The van der Waals surface area contributed by atoms with Crippen molar-refractivity contribution in [2.45, 2.75) is 13.0 Å². The van der Waals surface area contributed by atoms with Crippen LogP contribution in [0.1, 0.15) is 21.5 Å². The van der Waals surface area contributed by atoms with Gasteiger partial charge in [-0.1, -0.05) is 15.9 Å². The molecule has 108 valence electrons. The van der Waals surface area contributed by atoms with Gasteiger partial charge >= 0.3 is 0 Å². The van der Waals surface area contributed by atoms with Crippen molar-refractivity contribution in [1.82, 2.24) is 0 Å². The van der Waals surface area contributed by atoms with Crippen LogP contribution in [0, 0.1) is 5.82 Å². The molecule has 2 aromatic rings. The van der Waals surface area contributed by atoms with Crippen molar-refractivity contribution in [1.29, 1.82) is 0 Å². The minimum absolute atomic E-state index is 0.197. The summed E-state index contributed by atoms with van der Waals surface area (Å²) in [5.41, 5.74) is 2.23. The molecule has 1 aliphatic heterocycles. The van der Waals surface area contributed by atoms with Gasteiger partial charge < -0.3 is 9.47 Å². The molecule has 0 spiro atoms. The molecule has 5 heteroatoms. The predicted molar refractivity (Wildman–Crippen MR) is 79.5 cm³/mol. The quantitative estimate of drug-likeness (QED) is 0.784. The maximum absolute atomic E-state index is 13.1. The molecule has 0 N–H and O–H groups in total. The maximum atomic E-state index is 13.1. The Hall–Kier alpha value is -1.88. The zero-order valence-corrected chi connectivity index (χ0v) is 12.7. The van der Waals surface area contributed by atoms with Crippen LogP contribution < -0.4 is 9.47 Å². The lowest BCUT2D eigenvalue weighted by molar-refractivity contribution is 0.111. The van der Waals surface area contributed by atoms with Gasteiger partial charge in [0, 0.05) is 16.5 Å². The van der Waals surface area contributed by atoms with Crippen LogP contribution in [-0.2, 0) is 13.0 Å². The van der Waals surface area contributed by atoms with E-state index in [0.717, 1.165) is 33.8 Å². The van der Waals surface area contributed by atoms with Crippen molar-refractivity contribution in [2.75, 3.05) is 6.61 Å². The third kappa shape index (κ3) is 2.93. The van der Waals surface area contributed by atoms with Crippen molar-refractivity contribution in [3.05, 3.63) is 57.3 Å². The molecule has 0 aliphatic carbocycles. The SMILES string of the molecule is O=Cc1cc(F)ccc1OCc1cc(Br)cc2c1OCC2. The summed E-state index contributed by atoms with van der Waals surface area (Å²) < 4.78 is 25.3.